The maximum absolute atomic E-state index is 6.56. The Labute approximate surface area is 144 Å². The predicted octanol–water partition coefficient (Wildman–Crippen LogP) is 3.51. The molecule has 0 saturated carbocycles. The normalized spacial score (nSPS) is 10.8. The molecule has 0 amide bonds. The minimum absolute atomic E-state index is 0.215. The van der Waals surface area contributed by atoms with E-state index in [0.717, 1.165) is 22.9 Å². The highest BCUT2D eigenvalue weighted by Gasteiger charge is 2.20. The lowest BCUT2D eigenvalue weighted by Crippen LogP contribution is -2.00. The lowest BCUT2D eigenvalue weighted by atomic mass is 9.99. The zero-order valence-electron chi connectivity index (χ0n) is 13.6. The second-order valence-corrected chi connectivity index (χ2v) is 5.54. The summed E-state index contributed by atoms with van der Waals surface area (Å²) in [5.41, 5.74) is 8.74. The minimum Gasteiger partial charge on any atom is -0.496 e. The van der Waals surface area contributed by atoms with Crippen molar-refractivity contribution in [1.29, 1.82) is 0 Å². The van der Waals surface area contributed by atoms with E-state index in [1.165, 1.54) is 0 Å². The topological polar surface area (TPSA) is 83.2 Å². The molecule has 0 atom stereocenters. The summed E-state index contributed by atoms with van der Waals surface area (Å²) in [6.07, 6.45) is 4.06. The number of benzene rings is 1. The number of rotatable bonds is 4. The zero-order valence-corrected chi connectivity index (χ0v) is 14.4. The first kappa shape index (κ1) is 16.3. The molecule has 7 heteroatoms. The number of aromatic nitrogens is 3. The molecule has 0 aliphatic carbocycles. The Morgan fingerprint density at radius 2 is 1.83 bits per heavy atom. The highest BCUT2D eigenvalue weighted by molar-refractivity contribution is 6.35. The van der Waals surface area contributed by atoms with Gasteiger partial charge in [0.2, 0.25) is 5.95 Å². The quantitative estimate of drug-likeness (QED) is 0.779. The molecule has 24 heavy (non-hydrogen) atoms. The SMILES string of the molecule is CCc1c(OC)cc(OC)c(Cl)c1-c1cc2cnc(N)nc2cn1. The summed E-state index contributed by atoms with van der Waals surface area (Å²) in [7, 11) is 3.19. The molecule has 6 nitrogen and oxygen atoms in total. The molecular formula is C17H17ClN4O2. The number of nitrogens with zero attached hydrogens (tertiary/aromatic N) is 3. The molecule has 124 valence electrons. The van der Waals surface area contributed by atoms with Crippen LogP contribution in [-0.4, -0.2) is 29.2 Å². The van der Waals surface area contributed by atoms with E-state index in [0.29, 0.717) is 27.7 Å². The average Bonchev–Trinajstić information content (AvgIpc) is 2.60. The number of pyridine rings is 1. The second kappa shape index (κ2) is 6.49. The van der Waals surface area contributed by atoms with Gasteiger partial charge < -0.3 is 15.2 Å². The number of halogens is 1. The Bertz CT molecular complexity index is 915. The maximum atomic E-state index is 6.56. The van der Waals surface area contributed by atoms with Gasteiger partial charge >= 0.3 is 0 Å². The molecule has 0 spiro atoms. The van der Waals surface area contributed by atoms with Crippen LogP contribution in [0.5, 0.6) is 11.5 Å². The van der Waals surface area contributed by atoms with E-state index in [1.807, 2.05) is 13.0 Å². The van der Waals surface area contributed by atoms with Crippen molar-refractivity contribution in [3.8, 4) is 22.8 Å². The molecule has 0 fully saturated rings. The number of nitrogen functional groups attached to an aromatic ring is 1. The first-order chi connectivity index (χ1) is 11.6. The summed E-state index contributed by atoms with van der Waals surface area (Å²) in [5.74, 6) is 1.47. The van der Waals surface area contributed by atoms with Gasteiger partial charge in [0, 0.05) is 28.8 Å². The second-order valence-electron chi connectivity index (χ2n) is 5.16. The maximum Gasteiger partial charge on any atom is 0.220 e. The van der Waals surface area contributed by atoms with E-state index in [1.54, 1.807) is 32.7 Å². The number of ether oxygens (including phenoxy) is 2. The summed E-state index contributed by atoms with van der Waals surface area (Å²) in [4.78, 5) is 12.7. The van der Waals surface area contributed by atoms with Crippen LogP contribution < -0.4 is 15.2 Å². The van der Waals surface area contributed by atoms with E-state index in [-0.39, 0.29) is 5.95 Å². The van der Waals surface area contributed by atoms with E-state index >= 15 is 0 Å². The molecular weight excluding hydrogens is 328 g/mol. The third-order valence-corrected chi connectivity index (χ3v) is 4.21. The fourth-order valence-corrected chi connectivity index (χ4v) is 3.02. The van der Waals surface area contributed by atoms with Crippen molar-refractivity contribution in [2.24, 2.45) is 0 Å². The summed E-state index contributed by atoms with van der Waals surface area (Å²) >= 11 is 6.56. The monoisotopic (exact) mass is 344 g/mol. The number of nitrogens with two attached hydrogens (primary N) is 1. The van der Waals surface area contributed by atoms with Gasteiger partial charge in [0.15, 0.2) is 0 Å². The van der Waals surface area contributed by atoms with Crippen molar-refractivity contribution < 1.29 is 9.47 Å². The molecule has 0 bridgehead atoms. The van der Waals surface area contributed by atoms with Crippen LogP contribution in [0.4, 0.5) is 5.95 Å². The van der Waals surface area contributed by atoms with Crippen molar-refractivity contribution in [3.63, 3.8) is 0 Å². The third kappa shape index (κ3) is 2.69. The summed E-state index contributed by atoms with van der Waals surface area (Å²) in [5, 5.41) is 1.33. The fourth-order valence-electron chi connectivity index (χ4n) is 2.68. The third-order valence-electron chi connectivity index (χ3n) is 3.83. The smallest absolute Gasteiger partial charge is 0.220 e. The number of fused-ring (bicyclic) bond motifs is 1. The lowest BCUT2D eigenvalue weighted by Gasteiger charge is -2.17. The summed E-state index contributed by atoms with van der Waals surface area (Å²) < 4.78 is 10.9. The number of anilines is 1. The first-order valence-corrected chi connectivity index (χ1v) is 7.78. The molecule has 1 aromatic carbocycles. The Hall–Kier alpha value is -2.60. The number of hydrogen-bond acceptors (Lipinski definition) is 6. The standard InChI is InChI=1S/C17H17ClN4O2/c1-4-10-13(23-2)6-14(24-3)16(18)15(10)11-5-9-7-21-17(19)22-12(9)8-20-11/h5-8H,4H2,1-3H3,(H2,19,21,22). The van der Waals surface area contributed by atoms with E-state index in [2.05, 4.69) is 15.0 Å². The Balaban J connectivity index is 2.29. The summed E-state index contributed by atoms with van der Waals surface area (Å²) in [6.45, 7) is 2.04. The van der Waals surface area contributed by atoms with Crippen LogP contribution >= 0.6 is 11.6 Å². The van der Waals surface area contributed by atoms with Crippen LogP contribution in [0, 0.1) is 0 Å². The van der Waals surface area contributed by atoms with Crippen molar-refractivity contribution >= 4 is 28.5 Å². The molecule has 2 N–H and O–H groups in total. The summed E-state index contributed by atoms with van der Waals surface area (Å²) in [6, 6.07) is 3.67. The molecule has 3 rings (SSSR count). The lowest BCUT2D eigenvalue weighted by molar-refractivity contribution is 0.392. The molecule has 0 aliphatic rings. The van der Waals surface area contributed by atoms with Gasteiger partial charge in [-0.1, -0.05) is 18.5 Å². The fraction of sp³-hybridized carbons (Fsp3) is 0.235. The molecule has 0 unspecified atom stereocenters. The Morgan fingerprint density at radius 1 is 1.08 bits per heavy atom. The highest BCUT2D eigenvalue weighted by atomic mass is 35.5. The molecule has 0 saturated heterocycles. The number of hydrogen-bond donors (Lipinski definition) is 1. The van der Waals surface area contributed by atoms with Gasteiger partial charge in [0.1, 0.15) is 11.5 Å². The Morgan fingerprint density at radius 3 is 2.50 bits per heavy atom. The van der Waals surface area contributed by atoms with Gasteiger partial charge in [0.05, 0.1) is 36.6 Å². The Kier molecular flexibility index (Phi) is 4.40. The van der Waals surface area contributed by atoms with E-state index in [4.69, 9.17) is 26.8 Å². The molecule has 0 radical (unpaired) electrons. The minimum atomic E-state index is 0.215. The van der Waals surface area contributed by atoms with Crippen molar-refractivity contribution in [1.82, 2.24) is 15.0 Å². The van der Waals surface area contributed by atoms with E-state index in [9.17, 15) is 0 Å². The molecule has 0 aliphatic heterocycles. The van der Waals surface area contributed by atoms with Crippen molar-refractivity contribution in [2.45, 2.75) is 13.3 Å². The van der Waals surface area contributed by atoms with Crippen molar-refractivity contribution in [2.75, 3.05) is 20.0 Å². The van der Waals surface area contributed by atoms with Crippen LogP contribution in [0.25, 0.3) is 22.2 Å². The van der Waals surface area contributed by atoms with Crippen molar-refractivity contribution in [3.05, 3.63) is 35.1 Å². The largest absolute Gasteiger partial charge is 0.496 e. The zero-order chi connectivity index (χ0) is 17.3. The van der Waals surface area contributed by atoms with Crippen LogP contribution in [-0.2, 0) is 6.42 Å². The molecule has 3 aromatic rings. The van der Waals surface area contributed by atoms with Crippen LogP contribution in [0.1, 0.15) is 12.5 Å². The van der Waals surface area contributed by atoms with Crippen LogP contribution in [0.3, 0.4) is 0 Å². The van der Waals surface area contributed by atoms with Gasteiger partial charge in [-0.05, 0) is 12.5 Å². The van der Waals surface area contributed by atoms with Gasteiger partial charge in [-0.15, -0.1) is 0 Å². The van der Waals surface area contributed by atoms with Crippen LogP contribution in [0.15, 0.2) is 24.5 Å². The predicted molar refractivity (Wildman–Crippen MR) is 94.7 cm³/mol. The van der Waals surface area contributed by atoms with E-state index < -0.39 is 0 Å². The van der Waals surface area contributed by atoms with Gasteiger partial charge in [-0.25, -0.2) is 9.97 Å². The van der Waals surface area contributed by atoms with Gasteiger partial charge in [0.25, 0.3) is 0 Å². The molecule has 2 heterocycles. The van der Waals surface area contributed by atoms with Gasteiger partial charge in [-0.3, -0.25) is 4.98 Å². The van der Waals surface area contributed by atoms with Crippen LogP contribution in [0.2, 0.25) is 5.02 Å². The molecule has 2 aromatic heterocycles. The number of methoxy groups -OCH3 is 2. The highest BCUT2D eigenvalue weighted by Crippen LogP contribution is 2.43. The average molecular weight is 345 g/mol. The first-order valence-electron chi connectivity index (χ1n) is 7.41. The van der Waals surface area contributed by atoms with Gasteiger partial charge in [-0.2, -0.15) is 0 Å².